The van der Waals surface area contributed by atoms with Gasteiger partial charge < -0.3 is 14.2 Å². The fraction of sp³-hybridized carbons (Fsp3) is 0.417. The first-order valence-electron chi connectivity index (χ1n) is 10.5. The van der Waals surface area contributed by atoms with Gasteiger partial charge in [-0.05, 0) is 50.8 Å². The summed E-state index contributed by atoms with van der Waals surface area (Å²) in [6.45, 7) is 11.2. The standard InChI is InChI=1S/C24H32N2O4/c1-6-28-21-15-19(16-22(29-7-2)23(21)30-8-3)24(27)26-25-20(14-17(4)5)18-12-10-9-11-13-18/h9-13,15-17H,6-8,14H2,1-5H3,(H,26,27)/b25-20-. The summed E-state index contributed by atoms with van der Waals surface area (Å²) in [5, 5.41) is 4.42. The number of carbonyl (C=O) groups is 1. The maximum Gasteiger partial charge on any atom is 0.271 e. The number of hydrogen-bond acceptors (Lipinski definition) is 5. The maximum atomic E-state index is 12.9. The molecular formula is C24H32N2O4. The van der Waals surface area contributed by atoms with Gasteiger partial charge in [0, 0.05) is 5.56 Å². The zero-order chi connectivity index (χ0) is 21.9. The lowest BCUT2D eigenvalue weighted by Gasteiger charge is -2.17. The lowest BCUT2D eigenvalue weighted by Crippen LogP contribution is -2.21. The summed E-state index contributed by atoms with van der Waals surface area (Å²) in [5.74, 6) is 1.53. The van der Waals surface area contributed by atoms with E-state index in [2.05, 4.69) is 24.4 Å². The summed E-state index contributed by atoms with van der Waals surface area (Å²) in [4.78, 5) is 12.9. The number of benzene rings is 2. The van der Waals surface area contributed by atoms with Crippen molar-refractivity contribution in [2.45, 2.75) is 41.0 Å². The molecule has 6 nitrogen and oxygen atoms in total. The smallest absolute Gasteiger partial charge is 0.271 e. The third-order valence-electron chi connectivity index (χ3n) is 4.17. The van der Waals surface area contributed by atoms with E-state index >= 15 is 0 Å². The van der Waals surface area contributed by atoms with Crippen LogP contribution in [0.4, 0.5) is 0 Å². The molecule has 0 aliphatic carbocycles. The first-order chi connectivity index (χ1) is 14.5. The Kier molecular flexibility index (Phi) is 9.19. The van der Waals surface area contributed by atoms with Crippen LogP contribution in [-0.2, 0) is 0 Å². The van der Waals surface area contributed by atoms with Gasteiger partial charge in [-0.15, -0.1) is 0 Å². The number of rotatable bonds is 11. The number of amides is 1. The summed E-state index contributed by atoms with van der Waals surface area (Å²) in [6, 6.07) is 13.2. The maximum absolute atomic E-state index is 12.9. The van der Waals surface area contributed by atoms with E-state index in [-0.39, 0.29) is 5.91 Å². The zero-order valence-electron chi connectivity index (χ0n) is 18.5. The minimum Gasteiger partial charge on any atom is -0.490 e. The van der Waals surface area contributed by atoms with Crippen molar-refractivity contribution in [2.24, 2.45) is 11.0 Å². The lowest BCUT2D eigenvalue weighted by molar-refractivity contribution is 0.0953. The van der Waals surface area contributed by atoms with Crippen LogP contribution in [-0.4, -0.2) is 31.4 Å². The largest absolute Gasteiger partial charge is 0.490 e. The van der Waals surface area contributed by atoms with Crippen LogP contribution < -0.4 is 19.6 Å². The minimum atomic E-state index is -0.336. The molecule has 0 bridgehead atoms. The van der Waals surface area contributed by atoms with Gasteiger partial charge >= 0.3 is 0 Å². The van der Waals surface area contributed by atoms with Crippen LogP contribution in [0.3, 0.4) is 0 Å². The fourth-order valence-electron chi connectivity index (χ4n) is 2.95. The Labute approximate surface area is 179 Å². The molecule has 0 radical (unpaired) electrons. The van der Waals surface area contributed by atoms with E-state index in [1.807, 2.05) is 51.1 Å². The molecule has 2 aromatic rings. The van der Waals surface area contributed by atoms with Crippen molar-refractivity contribution in [1.82, 2.24) is 5.43 Å². The quantitative estimate of drug-likeness (QED) is 0.414. The molecule has 1 amide bonds. The lowest BCUT2D eigenvalue weighted by atomic mass is 10.0. The molecule has 0 aromatic heterocycles. The van der Waals surface area contributed by atoms with Gasteiger partial charge in [0.2, 0.25) is 5.75 Å². The molecule has 0 fully saturated rings. The molecule has 1 N–H and O–H groups in total. The Morgan fingerprint density at radius 2 is 1.47 bits per heavy atom. The van der Waals surface area contributed by atoms with Gasteiger partial charge in [0.15, 0.2) is 11.5 Å². The number of hydrazone groups is 1. The Morgan fingerprint density at radius 3 is 1.97 bits per heavy atom. The SMILES string of the molecule is CCOc1cc(C(=O)N/N=C(/CC(C)C)c2ccccc2)cc(OCC)c1OCC. The molecule has 162 valence electrons. The van der Waals surface area contributed by atoms with Crippen LogP contribution in [0.25, 0.3) is 0 Å². The number of carbonyl (C=O) groups excluding carboxylic acids is 1. The van der Waals surface area contributed by atoms with Gasteiger partial charge in [0.05, 0.1) is 25.5 Å². The second-order valence-corrected chi connectivity index (χ2v) is 7.06. The second kappa shape index (κ2) is 11.9. The molecule has 30 heavy (non-hydrogen) atoms. The van der Waals surface area contributed by atoms with Gasteiger partial charge in [0.1, 0.15) is 0 Å². The van der Waals surface area contributed by atoms with Gasteiger partial charge in [-0.3, -0.25) is 4.79 Å². The molecule has 2 rings (SSSR count). The predicted molar refractivity (Wildman–Crippen MR) is 120 cm³/mol. The highest BCUT2D eigenvalue weighted by molar-refractivity contribution is 6.02. The van der Waals surface area contributed by atoms with E-state index in [0.717, 1.165) is 17.7 Å². The predicted octanol–water partition coefficient (Wildman–Crippen LogP) is 5.06. The summed E-state index contributed by atoms with van der Waals surface area (Å²) < 4.78 is 17.1. The van der Waals surface area contributed by atoms with Gasteiger partial charge in [-0.1, -0.05) is 44.2 Å². The molecule has 0 heterocycles. The van der Waals surface area contributed by atoms with Crippen LogP contribution in [0.1, 0.15) is 57.0 Å². The van der Waals surface area contributed by atoms with Crippen molar-refractivity contribution in [3.63, 3.8) is 0 Å². The van der Waals surface area contributed by atoms with Crippen molar-refractivity contribution in [3.05, 3.63) is 53.6 Å². The third kappa shape index (κ3) is 6.51. The Bertz CT molecular complexity index is 821. The number of ether oxygens (including phenoxy) is 3. The normalized spacial score (nSPS) is 11.3. The van der Waals surface area contributed by atoms with E-state index in [9.17, 15) is 4.79 Å². The Hall–Kier alpha value is -3.02. The summed E-state index contributed by atoms with van der Waals surface area (Å²) in [7, 11) is 0. The topological polar surface area (TPSA) is 69.2 Å². The van der Waals surface area contributed by atoms with Crippen LogP contribution >= 0.6 is 0 Å². The number of hydrogen-bond donors (Lipinski definition) is 1. The highest BCUT2D eigenvalue weighted by Crippen LogP contribution is 2.39. The van der Waals surface area contributed by atoms with Gasteiger partial charge in [-0.25, -0.2) is 5.43 Å². The van der Waals surface area contributed by atoms with E-state index < -0.39 is 0 Å². The molecular weight excluding hydrogens is 380 g/mol. The summed E-state index contributed by atoms with van der Waals surface area (Å²) in [6.07, 6.45) is 0.752. The van der Waals surface area contributed by atoms with Gasteiger partial charge in [0.25, 0.3) is 5.91 Å². The number of nitrogens with zero attached hydrogens (tertiary/aromatic N) is 1. The first kappa shape index (κ1) is 23.3. The van der Waals surface area contributed by atoms with Crippen LogP contribution in [0.2, 0.25) is 0 Å². The number of nitrogens with one attached hydrogen (secondary N) is 1. The molecule has 0 atom stereocenters. The van der Waals surface area contributed by atoms with Crippen molar-refractivity contribution in [1.29, 1.82) is 0 Å². The van der Waals surface area contributed by atoms with Crippen LogP contribution in [0.15, 0.2) is 47.6 Å². The van der Waals surface area contributed by atoms with Crippen molar-refractivity contribution in [2.75, 3.05) is 19.8 Å². The fourth-order valence-corrected chi connectivity index (χ4v) is 2.95. The van der Waals surface area contributed by atoms with Crippen LogP contribution in [0, 0.1) is 5.92 Å². The molecule has 0 unspecified atom stereocenters. The summed E-state index contributed by atoms with van der Waals surface area (Å²) >= 11 is 0. The molecule has 2 aromatic carbocycles. The van der Waals surface area contributed by atoms with Crippen molar-refractivity contribution < 1.29 is 19.0 Å². The average molecular weight is 413 g/mol. The highest BCUT2D eigenvalue weighted by Gasteiger charge is 2.18. The van der Waals surface area contributed by atoms with E-state index in [0.29, 0.717) is 48.6 Å². The Morgan fingerprint density at radius 1 is 0.900 bits per heavy atom. The monoisotopic (exact) mass is 412 g/mol. The minimum absolute atomic E-state index is 0.336. The molecule has 0 spiro atoms. The highest BCUT2D eigenvalue weighted by atomic mass is 16.5. The van der Waals surface area contributed by atoms with E-state index in [4.69, 9.17) is 14.2 Å². The van der Waals surface area contributed by atoms with E-state index in [1.54, 1.807) is 12.1 Å². The van der Waals surface area contributed by atoms with Crippen LogP contribution in [0.5, 0.6) is 17.2 Å². The molecule has 0 saturated carbocycles. The average Bonchev–Trinajstić information content (AvgIpc) is 2.73. The van der Waals surface area contributed by atoms with Gasteiger partial charge in [-0.2, -0.15) is 5.10 Å². The van der Waals surface area contributed by atoms with Crippen molar-refractivity contribution >= 4 is 11.6 Å². The first-order valence-corrected chi connectivity index (χ1v) is 10.5. The zero-order valence-corrected chi connectivity index (χ0v) is 18.5. The summed E-state index contributed by atoms with van der Waals surface area (Å²) in [5.41, 5.74) is 4.91. The molecule has 0 aliphatic heterocycles. The second-order valence-electron chi connectivity index (χ2n) is 7.06. The Balaban J connectivity index is 2.35. The molecule has 6 heteroatoms. The van der Waals surface area contributed by atoms with E-state index in [1.165, 1.54) is 0 Å². The molecule has 0 aliphatic rings. The van der Waals surface area contributed by atoms with Crippen molar-refractivity contribution in [3.8, 4) is 17.2 Å². The molecule has 0 saturated heterocycles. The third-order valence-corrected chi connectivity index (χ3v) is 4.17.